The Labute approximate surface area is 108 Å². The molecular weight excluding hydrogens is 284 g/mol. The monoisotopic (exact) mass is 296 g/mol. The molecule has 1 aliphatic heterocycles. The predicted molar refractivity (Wildman–Crippen MR) is 67.7 cm³/mol. The van der Waals surface area contributed by atoms with Gasteiger partial charge in [0.05, 0.1) is 0 Å². The summed E-state index contributed by atoms with van der Waals surface area (Å²) in [6.45, 7) is 2.82. The zero-order chi connectivity index (χ0) is 12.4. The SMILES string of the molecule is CC1C(=O)NCCN1C(=O)c1ccc(Br)cc1. The van der Waals surface area contributed by atoms with Crippen LogP contribution in [0, 0.1) is 0 Å². The maximum atomic E-state index is 12.2. The summed E-state index contributed by atoms with van der Waals surface area (Å²) in [4.78, 5) is 25.3. The number of halogens is 1. The van der Waals surface area contributed by atoms with E-state index in [1.807, 2.05) is 12.1 Å². The molecule has 5 heteroatoms. The maximum Gasteiger partial charge on any atom is 0.254 e. The number of piperazine rings is 1. The molecule has 1 aromatic carbocycles. The van der Waals surface area contributed by atoms with Gasteiger partial charge in [-0.3, -0.25) is 9.59 Å². The minimum Gasteiger partial charge on any atom is -0.353 e. The molecule has 1 unspecified atom stereocenters. The van der Waals surface area contributed by atoms with E-state index < -0.39 is 6.04 Å². The Morgan fingerprint density at radius 1 is 1.41 bits per heavy atom. The molecule has 2 amide bonds. The molecule has 0 bridgehead atoms. The highest BCUT2D eigenvalue weighted by atomic mass is 79.9. The van der Waals surface area contributed by atoms with Gasteiger partial charge in [-0.15, -0.1) is 0 Å². The summed E-state index contributed by atoms with van der Waals surface area (Å²) in [7, 11) is 0. The number of hydrogen-bond acceptors (Lipinski definition) is 2. The van der Waals surface area contributed by atoms with Crippen LogP contribution in [-0.4, -0.2) is 35.8 Å². The third-order valence-electron chi connectivity index (χ3n) is 2.85. The first-order chi connectivity index (χ1) is 8.09. The third-order valence-corrected chi connectivity index (χ3v) is 3.38. The smallest absolute Gasteiger partial charge is 0.254 e. The number of benzene rings is 1. The number of hydrogen-bond donors (Lipinski definition) is 1. The largest absolute Gasteiger partial charge is 0.353 e. The first-order valence-corrected chi connectivity index (χ1v) is 6.23. The Morgan fingerprint density at radius 3 is 2.71 bits per heavy atom. The Balaban J connectivity index is 2.19. The zero-order valence-electron chi connectivity index (χ0n) is 9.44. The summed E-state index contributed by atoms with van der Waals surface area (Å²) in [5.74, 6) is -0.193. The lowest BCUT2D eigenvalue weighted by Gasteiger charge is -2.32. The van der Waals surface area contributed by atoms with Crippen LogP contribution < -0.4 is 5.32 Å². The van der Waals surface area contributed by atoms with Gasteiger partial charge < -0.3 is 10.2 Å². The molecule has 2 rings (SSSR count). The molecule has 1 aliphatic rings. The summed E-state index contributed by atoms with van der Waals surface area (Å²) in [5, 5.41) is 2.74. The van der Waals surface area contributed by atoms with E-state index in [2.05, 4.69) is 21.2 Å². The number of rotatable bonds is 1. The van der Waals surface area contributed by atoms with Gasteiger partial charge in [0.1, 0.15) is 6.04 Å². The fourth-order valence-electron chi connectivity index (χ4n) is 1.82. The van der Waals surface area contributed by atoms with E-state index in [1.165, 1.54) is 0 Å². The topological polar surface area (TPSA) is 49.4 Å². The van der Waals surface area contributed by atoms with Crippen molar-refractivity contribution in [3.63, 3.8) is 0 Å². The standard InChI is InChI=1S/C12H13BrN2O2/c1-8-11(16)14-6-7-15(8)12(17)9-2-4-10(13)5-3-9/h2-5,8H,6-7H2,1H3,(H,14,16). The molecule has 90 valence electrons. The van der Waals surface area contributed by atoms with E-state index >= 15 is 0 Å². The molecule has 1 fully saturated rings. The van der Waals surface area contributed by atoms with Gasteiger partial charge in [-0.25, -0.2) is 0 Å². The van der Waals surface area contributed by atoms with E-state index in [0.717, 1.165) is 4.47 Å². The van der Waals surface area contributed by atoms with Crippen molar-refractivity contribution >= 4 is 27.7 Å². The van der Waals surface area contributed by atoms with Gasteiger partial charge >= 0.3 is 0 Å². The van der Waals surface area contributed by atoms with Gasteiger partial charge in [-0.05, 0) is 31.2 Å². The first-order valence-electron chi connectivity index (χ1n) is 5.44. The van der Waals surface area contributed by atoms with Gasteiger partial charge in [-0.1, -0.05) is 15.9 Å². The van der Waals surface area contributed by atoms with Crippen molar-refractivity contribution in [2.45, 2.75) is 13.0 Å². The van der Waals surface area contributed by atoms with Gasteiger partial charge in [0.2, 0.25) is 5.91 Å². The molecule has 0 saturated carbocycles. The molecule has 1 saturated heterocycles. The Bertz CT molecular complexity index is 444. The van der Waals surface area contributed by atoms with E-state index in [-0.39, 0.29) is 11.8 Å². The van der Waals surface area contributed by atoms with Crippen LogP contribution in [0.2, 0.25) is 0 Å². The second-order valence-electron chi connectivity index (χ2n) is 3.97. The number of nitrogens with one attached hydrogen (secondary N) is 1. The van der Waals surface area contributed by atoms with Crippen LogP contribution in [0.15, 0.2) is 28.7 Å². The Morgan fingerprint density at radius 2 is 2.06 bits per heavy atom. The summed E-state index contributed by atoms with van der Waals surface area (Å²) in [6, 6.07) is 6.75. The lowest BCUT2D eigenvalue weighted by molar-refractivity contribution is -0.127. The van der Waals surface area contributed by atoms with Crippen LogP contribution >= 0.6 is 15.9 Å². The molecule has 17 heavy (non-hydrogen) atoms. The third kappa shape index (κ3) is 2.49. The average Bonchev–Trinajstić information content (AvgIpc) is 2.33. The van der Waals surface area contributed by atoms with Crippen molar-refractivity contribution in [1.82, 2.24) is 10.2 Å². The highest BCUT2D eigenvalue weighted by Gasteiger charge is 2.29. The van der Waals surface area contributed by atoms with Gasteiger partial charge in [0.25, 0.3) is 5.91 Å². The number of nitrogens with zero attached hydrogens (tertiary/aromatic N) is 1. The molecule has 1 atom stereocenters. The van der Waals surface area contributed by atoms with Crippen molar-refractivity contribution < 1.29 is 9.59 Å². The van der Waals surface area contributed by atoms with Gasteiger partial charge in [-0.2, -0.15) is 0 Å². The fraction of sp³-hybridized carbons (Fsp3) is 0.333. The van der Waals surface area contributed by atoms with Crippen LogP contribution in [0.4, 0.5) is 0 Å². The molecule has 0 aliphatic carbocycles. The quantitative estimate of drug-likeness (QED) is 0.852. The summed E-state index contributed by atoms with van der Waals surface area (Å²) in [5.41, 5.74) is 0.606. The lowest BCUT2D eigenvalue weighted by atomic mass is 10.1. The number of amides is 2. The summed E-state index contributed by atoms with van der Waals surface area (Å²) >= 11 is 3.32. The highest BCUT2D eigenvalue weighted by molar-refractivity contribution is 9.10. The first kappa shape index (κ1) is 12.1. The van der Waals surface area contributed by atoms with Crippen LogP contribution in [-0.2, 0) is 4.79 Å². The maximum absolute atomic E-state index is 12.2. The molecule has 0 spiro atoms. The van der Waals surface area contributed by atoms with Crippen LogP contribution in [0.1, 0.15) is 17.3 Å². The molecule has 1 N–H and O–H groups in total. The van der Waals surface area contributed by atoms with Crippen LogP contribution in [0.5, 0.6) is 0 Å². The lowest BCUT2D eigenvalue weighted by Crippen LogP contribution is -2.55. The minimum atomic E-state index is -0.403. The summed E-state index contributed by atoms with van der Waals surface area (Å²) in [6.07, 6.45) is 0. The second-order valence-corrected chi connectivity index (χ2v) is 4.89. The van der Waals surface area contributed by atoms with E-state index in [1.54, 1.807) is 24.0 Å². The number of carbonyl (C=O) groups excluding carboxylic acids is 2. The number of carbonyl (C=O) groups is 2. The molecule has 0 radical (unpaired) electrons. The predicted octanol–water partition coefficient (Wildman–Crippen LogP) is 1.41. The van der Waals surface area contributed by atoms with Crippen LogP contribution in [0.25, 0.3) is 0 Å². The van der Waals surface area contributed by atoms with Gasteiger partial charge in [0.15, 0.2) is 0 Å². The Kier molecular flexibility index (Phi) is 3.47. The molecular formula is C12H13BrN2O2. The highest BCUT2D eigenvalue weighted by Crippen LogP contribution is 2.14. The molecule has 1 heterocycles. The van der Waals surface area contributed by atoms with E-state index in [0.29, 0.717) is 18.7 Å². The van der Waals surface area contributed by atoms with E-state index in [4.69, 9.17) is 0 Å². The molecule has 4 nitrogen and oxygen atoms in total. The second kappa shape index (κ2) is 4.87. The minimum absolute atomic E-state index is 0.0956. The van der Waals surface area contributed by atoms with Crippen molar-refractivity contribution in [3.8, 4) is 0 Å². The van der Waals surface area contributed by atoms with Crippen molar-refractivity contribution in [2.75, 3.05) is 13.1 Å². The van der Waals surface area contributed by atoms with Crippen molar-refractivity contribution in [2.24, 2.45) is 0 Å². The van der Waals surface area contributed by atoms with Crippen molar-refractivity contribution in [3.05, 3.63) is 34.3 Å². The summed E-state index contributed by atoms with van der Waals surface area (Å²) < 4.78 is 0.929. The zero-order valence-corrected chi connectivity index (χ0v) is 11.0. The van der Waals surface area contributed by atoms with Crippen LogP contribution in [0.3, 0.4) is 0 Å². The molecule has 0 aromatic heterocycles. The average molecular weight is 297 g/mol. The molecule has 1 aromatic rings. The van der Waals surface area contributed by atoms with Crippen molar-refractivity contribution in [1.29, 1.82) is 0 Å². The van der Waals surface area contributed by atoms with E-state index in [9.17, 15) is 9.59 Å². The normalized spacial score (nSPS) is 20.0. The van der Waals surface area contributed by atoms with Gasteiger partial charge in [0, 0.05) is 23.1 Å². The Hall–Kier alpha value is -1.36. The fourth-order valence-corrected chi connectivity index (χ4v) is 2.08.